The zero-order valence-corrected chi connectivity index (χ0v) is 17.2. The summed E-state index contributed by atoms with van der Waals surface area (Å²) in [6, 6.07) is 5.50. The first-order valence-corrected chi connectivity index (χ1v) is 10.5. The molecule has 0 saturated carbocycles. The van der Waals surface area contributed by atoms with E-state index in [0.29, 0.717) is 23.0 Å². The average Bonchev–Trinajstić information content (AvgIpc) is 3.10. The van der Waals surface area contributed by atoms with Crippen LogP contribution in [0.5, 0.6) is 0 Å². The molecule has 2 atom stereocenters. The molecule has 1 aromatic carbocycles. The van der Waals surface area contributed by atoms with Gasteiger partial charge in [-0.15, -0.1) is 17.9 Å². The van der Waals surface area contributed by atoms with Crippen molar-refractivity contribution >= 4 is 46.7 Å². The Balaban J connectivity index is 1.39. The number of aliphatic imine (C=N–C) groups is 1. The molecule has 2 aromatic rings. The van der Waals surface area contributed by atoms with Gasteiger partial charge in [0.2, 0.25) is 5.91 Å². The van der Waals surface area contributed by atoms with Gasteiger partial charge >= 0.3 is 0 Å². The molecule has 0 fully saturated rings. The summed E-state index contributed by atoms with van der Waals surface area (Å²) in [5, 5.41) is 14.7. The summed E-state index contributed by atoms with van der Waals surface area (Å²) in [5.74, 6) is -0.0991. The maximum Gasteiger partial charge on any atom is 0.249 e. The molecule has 28 heavy (non-hydrogen) atoms. The zero-order valence-electron chi connectivity index (χ0n) is 14.9. The number of rotatable bonds is 5. The molecule has 0 radical (unpaired) electrons. The number of benzene rings is 1. The Hall–Kier alpha value is -1.93. The number of allylic oxidation sites excluding steroid dienone is 1. The van der Waals surface area contributed by atoms with Crippen molar-refractivity contribution in [2.24, 2.45) is 4.99 Å². The molecule has 0 spiro atoms. The minimum Gasteiger partial charge on any atom is -0.621 e. The Morgan fingerprint density at radius 2 is 2.14 bits per heavy atom. The van der Waals surface area contributed by atoms with Crippen LogP contribution < -0.4 is 10.6 Å². The summed E-state index contributed by atoms with van der Waals surface area (Å²) >= 11 is 13.6. The van der Waals surface area contributed by atoms with Crippen LogP contribution in [0.3, 0.4) is 0 Å². The Labute approximate surface area is 177 Å². The first kappa shape index (κ1) is 19.4. The maximum atomic E-state index is 12.5. The minimum atomic E-state index is -0.511. The lowest BCUT2D eigenvalue weighted by molar-refractivity contribution is -0.118. The third-order valence-corrected chi connectivity index (χ3v) is 6.18. The van der Waals surface area contributed by atoms with Crippen LogP contribution in [0.25, 0.3) is 5.32 Å². The standard InChI is InChI=1S/C19H18Cl2N5OS/c20-14-4-1-11(7-15(14)21)9-24-19-25-16-10-23-12(8-17-22-5-6-28-17)2-3-13(16)18(27)26-19/h1,4-7,10,12,19,25H,2-3,8-9H2,(H,26,27)/q-1. The third kappa shape index (κ3) is 4.55. The molecule has 1 amide bonds. The molecule has 2 aliphatic heterocycles. The molecule has 1 aromatic heterocycles. The highest BCUT2D eigenvalue weighted by molar-refractivity contribution is 7.09. The number of carbonyl (C=O) groups excluding carboxylic acids is 1. The number of carbonyl (C=O) groups is 1. The van der Waals surface area contributed by atoms with E-state index in [2.05, 4.69) is 25.9 Å². The van der Waals surface area contributed by atoms with Crippen molar-refractivity contribution in [2.45, 2.75) is 38.1 Å². The Morgan fingerprint density at radius 3 is 2.93 bits per heavy atom. The summed E-state index contributed by atoms with van der Waals surface area (Å²) in [6.07, 6.45) is 5.34. The first-order valence-electron chi connectivity index (χ1n) is 8.91. The van der Waals surface area contributed by atoms with Gasteiger partial charge in [-0.2, -0.15) is 0 Å². The number of thiazole rings is 1. The fourth-order valence-corrected chi connectivity index (χ4v) is 4.18. The van der Waals surface area contributed by atoms with E-state index < -0.39 is 6.29 Å². The number of hydrogen-bond donors (Lipinski definition) is 2. The fraction of sp³-hybridized carbons (Fsp3) is 0.316. The van der Waals surface area contributed by atoms with Gasteiger partial charge in [0.15, 0.2) is 0 Å². The van der Waals surface area contributed by atoms with Crippen LogP contribution in [-0.4, -0.2) is 29.4 Å². The molecular weight excluding hydrogens is 417 g/mol. The highest BCUT2D eigenvalue weighted by Crippen LogP contribution is 2.25. The molecule has 2 N–H and O–H groups in total. The van der Waals surface area contributed by atoms with Gasteiger partial charge in [-0.05, 0) is 25.0 Å². The van der Waals surface area contributed by atoms with Crippen molar-refractivity contribution in [3.63, 3.8) is 0 Å². The summed E-state index contributed by atoms with van der Waals surface area (Å²) in [5.41, 5.74) is 2.39. The van der Waals surface area contributed by atoms with Crippen molar-refractivity contribution in [3.8, 4) is 0 Å². The second-order valence-corrected chi connectivity index (χ2v) is 8.40. The Morgan fingerprint density at radius 1 is 1.25 bits per heavy atom. The molecule has 2 unspecified atom stereocenters. The lowest BCUT2D eigenvalue weighted by atomic mass is 10.0. The predicted molar refractivity (Wildman–Crippen MR) is 113 cm³/mol. The van der Waals surface area contributed by atoms with Crippen molar-refractivity contribution in [3.05, 3.63) is 67.0 Å². The van der Waals surface area contributed by atoms with E-state index in [4.69, 9.17) is 23.2 Å². The minimum absolute atomic E-state index is 0.0991. The van der Waals surface area contributed by atoms with E-state index in [1.54, 1.807) is 35.9 Å². The van der Waals surface area contributed by atoms with E-state index in [0.717, 1.165) is 34.7 Å². The van der Waals surface area contributed by atoms with Crippen LogP contribution in [-0.2, 0) is 17.8 Å². The van der Waals surface area contributed by atoms with Crippen LogP contribution in [0, 0.1) is 0 Å². The van der Waals surface area contributed by atoms with Gasteiger partial charge in [-0.1, -0.05) is 34.8 Å². The third-order valence-electron chi connectivity index (χ3n) is 4.64. The van der Waals surface area contributed by atoms with Crippen LogP contribution in [0.15, 0.2) is 46.0 Å². The first-order chi connectivity index (χ1) is 13.6. The van der Waals surface area contributed by atoms with Gasteiger partial charge in [0.25, 0.3) is 0 Å². The van der Waals surface area contributed by atoms with Crippen molar-refractivity contribution < 1.29 is 4.79 Å². The molecule has 0 aliphatic carbocycles. The second kappa shape index (κ2) is 8.61. The van der Waals surface area contributed by atoms with Gasteiger partial charge < -0.3 is 16.0 Å². The van der Waals surface area contributed by atoms with Gasteiger partial charge in [-0.25, -0.2) is 4.98 Å². The second-order valence-electron chi connectivity index (χ2n) is 6.60. The van der Waals surface area contributed by atoms with Crippen LogP contribution in [0.2, 0.25) is 10.0 Å². The van der Waals surface area contributed by atoms with Gasteiger partial charge in [0, 0.05) is 36.1 Å². The number of halogens is 2. The van der Waals surface area contributed by atoms with Crippen molar-refractivity contribution in [1.82, 2.24) is 15.6 Å². The molecule has 146 valence electrons. The van der Waals surface area contributed by atoms with E-state index in [1.807, 2.05) is 11.4 Å². The molecular formula is C19H18Cl2N5OS-. The number of amides is 1. The van der Waals surface area contributed by atoms with Gasteiger partial charge in [0.05, 0.1) is 26.8 Å². The SMILES string of the molecule is O=C1NC([N-]Cc2ccc(Cl)c(Cl)c2)NC2=C1CCC(Cc1nccs1)N=C2. The van der Waals surface area contributed by atoms with Crippen molar-refractivity contribution in [2.75, 3.05) is 0 Å². The quantitative estimate of drug-likeness (QED) is 0.744. The Kier molecular flexibility index (Phi) is 5.96. The predicted octanol–water partition coefficient (Wildman–Crippen LogP) is 4.06. The zero-order chi connectivity index (χ0) is 19.5. The molecule has 2 aliphatic rings. The molecule has 3 heterocycles. The molecule has 4 rings (SSSR count). The summed E-state index contributed by atoms with van der Waals surface area (Å²) in [4.78, 5) is 21.5. The Bertz CT molecular complexity index is 928. The normalized spacial score (nSPS) is 21.7. The molecule has 9 heteroatoms. The highest BCUT2D eigenvalue weighted by Gasteiger charge is 2.25. The average molecular weight is 435 g/mol. The fourth-order valence-electron chi connectivity index (χ4n) is 3.17. The van der Waals surface area contributed by atoms with E-state index in [1.165, 1.54) is 0 Å². The topological polar surface area (TPSA) is 80.5 Å². The molecule has 6 nitrogen and oxygen atoms in total. The lowest BCUT2D eigenvalue weighted by Gasteiger charge is -2.38. The van der Waals surface area contributed by atoms with Crippen LogP contribution >= 0.6 is 34.5 Å². The molecule has 0 saturated heterocycles. The van der Waals surface area contributed by atoms with Crippen LogP contribution in [0.1, 0.15) is 23.4 Å². The lowest BCUT2D eigenvalue weighted by Crippen LogP contribution is -2.50. The van der Waals surface area contributed by atoms with Gasteiger partial charge in [-0.3, -0.25) is 9.79 Å². The number of aromatic nitrogens is 1. The maximum absolute atomic E-state index is 12.5. The monoisotopic (exact) mass is 434 g/mol. The van der Waals surface area contributed by atoms with E-state index >= 15 is 0 Å². The van der Waals surface area contributed by atoms with Crippen LogP contribution in [0.4, 0.5) is 0 Å². The van der Waals surface area contributed by atoms with E-state index in [9.17, 15) is 4.79 Å². The summed E-state index contributed by atoms with van der Waals surface area (Å²) < 4.78 is 0. The van der Waals surface area contributed by atoms with E-state index in [-0.39, 0.29) is 11.9 Å². The number of nitrogens with zero attached hydrogens (tertiary/aromatic N) is 3. The summed E-state index contributed by atoms with van der Waals surface area (Å²) in [6.45, 7) is 0.404. The number of nitrogens with one attached hydrogen (secondary N) is 2. The highest BCUT2D eigenvalue weighted by atomic mass is 35.5. The van der Waals surface area contributed by atoms with Crippen molar-refractivity contribution in [1.29, 1.82) is 0 Å². The summed E-state index contributed by atoms with van der Waals surface area (Å²) in [7, 11) is 0. The van der Waals surface area contributed by atoms with Gasteiger partial charge in [0.1, 0.15) is 0 Å². The number of hydrogen-bond acceptors (Lipinski definition) is 5. The largest absolute Gasteiger partial charge is 0.621 e. The smallest absolute Gasteiger partial charge is 0.249 e. The molecule has 0 bridgehead atoms.